The summed E-state index contributed by atoms with van der Waals surface area (Å²) in [5.41, 5.74) is 1.80. The number of hydrogen-bond donors (Lipinski definition) is 0. The van der Waals surface area contributed by atoms with Crippen LogP contribution in [0.4, 0.5) is 8.78 Å². The van der Waals surface area contributed by atoms with Gasteiger partial charge in [0, 0.05) is 16.6 Å². The quantitative estimate of drug-likeness (QED) is 0.778. The van der Waals surface area contributed by atoms with E-state index in [-0.39, 0.29) is 16.8 Å². The van der Waals surface area contributed by atoms with Crippen molar-refractivity contribution in [1.29, 1.82) is 0 Å². The highest BCUT2D eigenvalue weighted by Crippen LogP contribution is 2.31. The fourth-order valence-corrected chi connectivity index (χ4v) is 2.75. The van der Waals surface area contributed by atoms with Crippen LogP contribution in [0.2, 0.25) is 0 Å². The van der Waals surface area contributed by atoms with Crippen LogP contribution in [0.1, 0.15) is 15.3 Å². The zero-order valence-electron chi connectivity index (χ0n) is 8.16. The van der Waals surface area contributed by atoms with Crippen LogP contribution >= 0.6 is 27.3 Å². The summed E-state index contributed by atoms with van der Waals surface area (Å²) >= 11 is 4.87. The number of thiazole rings is 1. The lowest BCUT2D eigenvalue weighted by molar-refractivity contribution is 0.554. The van der Waals surface area contributed by atoms with Crippen LogP contribution in [0, 0.1) is 11.6 Å². The maximum absolute atomic E-state index is 13.4. The van der Waals surface area contributed by atoms with Crippen LogP contribution in [-0.4, -0.2) is 4.98 Å². The van der Waals surface area contributed by atoms with Gasteiger partial charge in [-0.3, -0.25) is 4.98 Å². The molecule has 0 N–H and O–H groups in total. The summed E-state index contributed by atoms with van der Waals surface area (Å²) in [4.78, 5) is 4.79. The van der Waals surface area contributed by atoms with Crippen molar-refractivity contribution in [2.75, 3.05) is 0 Å². The predicted octanol–water partition coefficient (Wildman–Crippen LogP) is 4.10. The first kappa shape index (κ1) is 11.7. The Morgan fingerprint density at radius 2 is 2.00 bits per heavy atom. The van der Waals surface area contributed by atoms with Crippen molar-refractivity contribution in [2.45, 2.75) is 11.2 Å². The summed E-state index contributed by atoms with van der Waals surface area (Å²) in [6.45, 7) is 0. The Morgan fingerprint density at radius 3 is 2.56 bits per heavy atom. The summed E-state index contributed by atoms with van der Waals surface area (Å²) in [7, 11) is 0. The largest absolute Gasteiger partial charge is 0.253 e. The lowest BCUT2D eigenvalue weighted by Crippen LogP contribution is -1.99. The van der Waals surface area contributed by atoms with E-state index in [1.54, 1.807) is 11.7 Å². The van der Waals surface area contributed by atoms with Crippen LogP contribution in [0.15, 0.2) is 29.9 Å². The second-order valence-electron chi connectivity index (χ2n) is 3.28. The van der Waals surface area contributed by atoms with Crippen molar-refractivity contribution in [3.63, 3.8) is 0 Å². The van der Waals surface area contributed by atoms with E-state index in [1.807, 2.05) is 0 Å². The molecule has 84 valence electrons. The normalized spacial score (nSPS) is 12.7. The highest BCUT2D eigenvalue weighted by Gasteiger charge is 2.15. The van der Waals surface area contributed by atoms with E-state index in [4.69, 9.17) is 0 Å². The number of benzene rings is 1. The van der Waals surface area contributed by atoms with E-state index in [0.29, 0.717) is 0 Å². The van der Waals surface area contributed by atoms with Crippen LogP contribution < -0.4 is 0 Å². The summed E-state index contributed by atoms with van der Waals surface area (Å²) in [5, 5.41) is 0. The van der Waals surface area contributed by atoms with Gasteiger partial charge in [0.2, 0.25) is 0 Å². The fraction of sp³-hybridized carbons (Fsp3) is 0.182. The average Bonchev–Trinajstić information content (AvgIpc) is 2.76. The molecule has 0 amide bonds. The fourth-order valence-electron chi connectivity index (χ4n) is 1.39. The Morgan fingerprint density at radius 1 is 1.31 bits per heavy atom. The highest BCUT2D eigenvalue weighted by molar-refractivity contribution is 9.09. The second kappa shape index (κ2) is 5.01. The van der Waals surface area contributed by atoms with Crippen molar-refractivity contribution in [3.05, 3.63) is 52.0 Å². The van der Waals surface area contributed by atoms with E-state index in [0.717, 1.165) is 4.88 Å². The maximum Gasteiger partial charge on any atom is 0.129 e. The zero-order chi connectivity index (χ0) is 11.5. The topological polar surface area (TPSA) is 12.9 Å². The lowest BCUT2D eigenvalue weighted by atomic mass is 10.1. The third-order valence-corrected chi connectivity index (χ3v) is 4.21. The molecule has 0 fully saturated rings. The van der Waals surface area contributed by atoms with E-state index in [1.165, 1.54) is 29.5 Å². The number of alkyl halides is 1. The summed E-state index contributed by atoms with van der Waals surface area (Å²) in [5.74, 6) is -1.01. The predicted molar refractivity (Wildman–Crippen MR) is 63.8 cm³/mol. The molecule has 1 aromatic heterocycles. The molecule has 0 saturated heterocycles. The first-order valence-electron chi connectivity index (χ1n) is 4.64. The minimum absolute atomic E-state index is 0.105. The van der Waals surface area contributed by atoms with E-state index < -0.39 is 11.6 Å². The maximum atomic E-state index is 13.4. The molecule has 2 aromatic rings. The van der Waals surface area contributed by atoms with Gasteiger partial charge in [0.25, 0.3) is 0 Å². The molecule has 1 aromatic carbocycles. The summed E-state index contributed by atoms with van der Waals surface area (Å²) in [6, 6.07) is 3.90. The third kappa shape index (κ3) is 2.47. The molecule has 2 rings (SSSR count). The van der Waals surface area contributed by atoms with Crippen molar-refractivity contribution in [1.82, 2.24) is 4.98 Å². The van der Waals surface area contributed by atoms with Gasteiger partial charge >= 0.3 is 0 Å². The van der Waals surface area contributed by atoms with Gasteiger partial charge in [0.05, 0.1) is 10.3 Å². The second-order valence-corrected chi connectivity index (χ2v) is 5.30. The van der Waals surface area contributed by atoms with Gasteiger partial charge < -0.3 is 0 Å². The molecule has 5 heteroatoms. The van der Waals surface area contributed by atoms with Crippen LogP contribution in [-0.2, 0) is 6.42 Å². The Labute approximate surface area is 104 Å². The van der Waals surface area contributed by atoms with Crippen molar-refractivity contribution in [2.24, 2.45) is 0 Å². The Balaban J connectivity index is 2.21. The van der Waals surface area contributed by atoms with Gasteiger partial charge in [-0.25, -0.2) is 8.78 Å². The van der Waals surface area contributed by atoms with Crippen LogP contribution in [0.5, 0.6) is 0 Å². The third-order valence-electron chi connectivity index (χ3n) is 2.21. The molecule has 16 heavy (non-hydrogen) atoms. The summed E-state index contributed by atoms with van der Waals surface area (Å²) in [6.07, 6.45) is 1.98. The van der Waals surface area contributed by atoms with E-state index >= 15 is 0 Å². The molecule has 0 spiro atoms. The van der Waals surface area contributed by atoms with Crippen molar-refractivity contribution in [3.8, 4) is 0 Å². The molecule has 0 aliphatic heterocycles. The first-order valence-corrected chi connectivity index (χ1v) is 6.43. The summed E-state index contributed by atoms with van der Waals surface area (Å²) < 4.78 is 26.8. The highest BCUT2D eigenvalue weighted by atomic mass is 79.9. The van der Waals surface area contributed by atoms with Crippen molar-refractivity contribution >= 4 is 27.3 Å². The molecular formula is C11H8BrF2NS. The van der Waals surface area contributed by atoms with Gasteiger partial charge in [-0.1, -0.05) is 22.0 Å². The van der Waals surface area contributed by atoms with Gasteiger partial charge in [0.15, 0.2) is 0 Å². The molecule has 0 aliphatic carbocycles. The molecule has 1 nitrogen and oxygen atoms in total. The molecule has 0 radical (unpaired) electrons. The Hall–Kier alpha value is -0.810. The van der Waals surface area contributed by atoms with Crippen LogP contribution in [0.3, 0.4) is 0 Å². The molecule has 0 bridgehead atoms. The molecule has 1 atom stereocenters. The standard InChI is InChI=1S/C11H8BrF2NS/c12-8(11-5-15-6-16-11)4-7-9(13)2-1-3-10(7)14/h1-3,5-6,8H,4H2. The Kier molecular flexibility index (Phi) is 3.66. The van der Waals surface area contributed by atoms with E-state index in [2.05, 4.69) is 20.9 Å². The number of nitrogens with zero attached hydrogens (tertiary/aromatic N) is 1. The van der Waals surface area contributed by atoms with Crippen molar-refractivity contribution < 1.29 is 8.78 Å². The monoisotopic (exact) mass is 303 g/mol. The smallest absolute Gasteiger partial charge is 0.129 e. The molecule has 0 saturated carbocycles. The van der Waals surface area contributed by atoms with Gasteiger partial charge in [-0.15, -0.1) is 11.3 Å². The Bertz CT molecular complexity index is 453. The average molecular weight is 304 g/mol. The zero-order valence-corrected chi connectivity index (χ0v) is 10.6. The first-order chi connectivity index (χ1) is 7.68. The number of halogens is 3. The van der Waals surface area contributed by atoms with Gasteiger partial charge in [-0.05, 0) is 18.6 Å². The van der Waals surface area contributed by atoms with E-state index in [9.17, 15) is 8.78 Å². The number of rotatable bonds is 3. The lowest BCUT2D eigenvalue weighted by Gasteiger charge is -2.08. The molecule has 1 heterocycles. The molecule has 1 unspecified atom stereocenters. The minimum atomic E-state index is -0.506. The van der Waals surface area contributed by atoms with Gasteiger partial charge in [-0.2, -0.15) is 0 Å². The van der Waals surface area contributed by atoms with Gasteiger partial charge in [0.1, 0.15) is 11.6 Å². The SMILES string of the molecule is Fc1cccc(F)c1CC(Br)c1cncs1. The minimum Gasteiger partial charge on any atom is -0.253 e. The molecular weight excluding hydrogens is 296 g/mol. The van der Waals surface area contributed by atoms with Crippen LogP contribution in [0.25, 0.3) is 0 Å². The number of aromatic nitrogens is 1. The number of hydrogen-bond acceptors (Lipinski definition) is 2. The molecule has 0 aliphatic rings.